The molecular formula is C19H17N5O3. The van der Waals surface area contributed by atoms with E-state index in [9.17, 15) is 4.79 Å². The number of hydrogen-bond acceptors (Lipinski definition) is 7. The third-order valence-electron chi connectivity index (χ3n) is 4.14. The van der Waals surface area contributed by atoms with Gasteiger partial charge in [0.25, 0.3) is 0 Å². The summed E-state index contributed by atoms with van der Waals surface area (Å²) in [5, 5.41) is 14.9. The summed E-state index contributed by atoms with van der Waals surface area (Å²) >= 11 is 0. The lowest BCUT2D eigenvalue weighted by atomic mass is 10.1. The van der Waals surface area contributed by atoms with Crippen LogP contribution in [-0.2, 0) is 0 Å². The highest BCUT2D eigenvalue weighted by atomic mass is 16.7. The molecule has 0 atom stereocenters. The quantitative estimate of drug-likeness (QED) is 0.697. The number of nitrogens with zero attached hydrogens (tertiary/aromatic N) is 4. The summed E-state index contributed by atoms with van der Waals surface area (Å²) in [4.78, 5) is 11.9. The molecule has 8 heteroatoms. The van der Waals surface area contributed by atoms with Crippen molar-refractivity contribution < 1.29 is 14.3 Å². The number of nitrogens with one attached hydrogen (secondary N) is 1. The first kappa shape index (κ1) is 16.8. The lowest BCUT2D eigenvalue weighted by molar-refractivity contribution is 0.101. The first-order valence-electron chi connectivity index (χ1n) is 8.35. The van der Waals surface area contributed by atoms with Crippen molar-refractivity contribution in [2.24, 2.45) is 0 Å². The molecule has 1 aliphatic rings. The summed E-state index contributed by atoms with van der Waals surface area (Å²) in [5.41, 5.74) is 3.15. The predicted octanol–water partition coefficient (Wildman–Crippen LogP) is 2.98. The molecule has 136 valence electrons. The minimum atomic E-state index is -0.0753. The van der Waals surface area contributed by atoms with E-state index in [1.54, 1.807) is 29.1 Å². The molecule has 4 rings (SSSR count). The summed E-state index contributed by atoms with van der Waals surface area (Å²) in [7, 11) is 0. The van der Waals surface area contributed by atoms with Crippen LogP contribution < -0.4 is 14.8 Å². The Bertz CT molecular complexity index is 1020. The average Bonchev–Trinajstić information content (AvgIpc) is 3.30. The van der Waals surface area contributed by atoms with E-state index in [0.717, 1.165) is 11.3 Å². The number of hydrogen-bond donors (Lipinski definition) is 1. The molecule has 2 aromatic carbocycles. The summed E-state index contributed by atoms with van der Waals surface area (Å²) in [6.45, 7) is 3.67. The van der Waals surface area contributed by atoms with Gasteiger partial charge in [0.2, 0.25) is 6.79 Å². The first-order valence-corrected chi connectivity index (χ1v) is 8.35. The molecule has 0 amide bonds. The molecule has 1 aromatic heterocycles. The zero-order valence-corrected chi connectivity index (χ0v) is 14.8. The number of rotatable bonds is 5. The number of ketones is 1. The maximum atomic E-state index is 11.9. The van der Waals surface area contributed by atoms with Gasteiger partial charge in [0.1, 0.15) is 0 Å². The van der Waals surface area contributed by atoms with Crippen molar-refractivity contribution in [2.45, 2.75) is 13.8 Å². The van der Waals surface area contributed by atoms with Gasteiger partial charge >= 0.3 is 0 Å². The first-order chi connectivity index (χ1) is 13.1. The van der Waals surface area contributed by atoms with Crippen molar-refractivity contribution in [3.8, 4) is 17.2 Å². The average molecular weight is 363 g/mol. The topological polar surface area (TPSA) is 91.2 Å². The molecule has 2 heterocycles. The monoisotopic (exact) mass is 363 g/mol. The Morgan fingerprint density at radius 3 is 2.67 bits per heavy atom. The summed E-state index contributed by atoms with van der Waals surface area (Å²) < 4.78 is 12.3. The smallest absolute Gasteiger partial charge is 0.231 e. The minimum absolute atomic E-state index is 0.0753. The predicted molar refractivity (Wildman–Crippen MR) is 99.1 cm³/mol. The second-order valence-electron chi connectivity index (χ2n) is 6.07. The Balaban J connectivity index is 1.58. The molecule has 1 aliphatic heterocycles. The lowest BCUT2D eigenvalue weighted by Gasteiger charge is -2.08. The highest BCUT2D eigenvalue weighted by molar-refractivity contribution is 6.00. The Morgan fingerprint density at radius 2 is 1.93 bits per heavy atom. The van der Waals surface area contributed by atoms with Gasteiger partial charge in [-0.2, -0.15) is 4.68 Å². The Labute approximate surface area is 155 Å². The number of benzene rings is 2. The number of tetrazole rings is 1. The van der Waals surface area contributed by atoms with Gasteiger partial charge in [0, 0.05) is 23.9 Å². The Morgan fingerprint density at radius 1 is 1.19 bits per heavy atom. The van der Waals surface area contributed by atoms with E-state index in [4.69, 9.17) is 9.47 Å². The molecule has 27 heavy (non-hydrogen) atoms. The number of ether oxygens (including phenoxy) is 2. The van der Waals surface area contributed by atoms with Crippen molar-refractivity contribution >= 4 is 17.5 Å². The second-order valence-corrected chi connectivity index (χ2v) is 6.07. The van der Waals surface area contributed by atoms with Gasteiger partial charge in [0.15, 0.2) is 23.1 Å². The second kappa shape index (κ2) is 6.91. The van der Waals surface area contributed by atoms with Crippen LogP contribution in [0.15, 0.2) is 42.6 Å². The van der Waals surface area contributed by atoms with Crippen LogP contribution in [0.3, 0.4) is 0 Å². The number of carbonyl (C=O) groups is 1. The molecular weight excluding hydrogens is 346 g/mol. The van der Waals surface area contributed by atoms with Gasteiger partial charge in [0.05, 0.1) is 11.4 Å². The van der Waals surface area contributed by atoms with Crippen molar-refractivity contribution in [1.82, 2.24) is 20.2 Å². The van der Waals surface area contributed by atoms with Crippen LogP contribution in [-0.4, -0.2) is 32.8 Å². The van der Waals surface area contributed by atoms with Crippen LogP contribution in [0.4, 0.5) is 5.69 Å². The number of anilines is 1. The maximum Gasteiger partial charge on any atom is 0.231 e. The van der Waals surface area contributed by atoms with Gasteiger partial charge < -0.3 is 14.8 Å². The summed E-state index contributed by atoms with van der Waals surface area (Å²) in [6, 6.07) is 11.3. The Kier molecular flexibility index (Phi) is 4.29. The highest BCUT2D eigenvalue weighted by Gasteiger charge is 2.18. The maximum absolute atomic E-state index is 11.9. The fraction of sp³-hybridized carbons (Fsp3) is 0.158. The van der Waals surface area contributed by atoms with Gasteiger partial charge in [-0.3, -0.25) is 4.79 Å². The standard InChI is InChI=1S/C19H17N5O3/c1-12-3-5-14(6-4-12)24-19(21-22-23-24)7-8-20-16-10-18-17(26-11-27-18)9-15(16)13(2)25/h3-10,20H,11H2,1-2H3/b8-7+. The molecule has 0 radical (unpaired) electrons. The zero-order chi connectivity index (χ0) is 18.8. The number of fused-ring (bicyclic) bond motifs is 1. The van der Waals surface area contributed by atoms with E-state index < -0.39 is 0 Å². The van der Waals surface area contributed by atoms with Crippen LogP contribution in [0.1, 0.15) is 28.7 Å². The van der Waals surface area contributed by atoms with E-state index in [2.05, 4.69) is 20.8 Å². The van der Waals surface area contributed by atoms with E-state index >= 15 is 0 Å². The molecule has 0 unspecified atom stereocenters. The van der Waals surface area contributed by atoms with Crippen LogP contribution in [0.2, 0.25) is 0 Å². The number of Topliss-reactive ketones (excluding diaryl/α,β-unsaturated/α-hetero) is 1. The summed E-state index contributed by atoms with van der Waals surface area (Å²) in [5.74, 6) is 1.64. The SMILES string of the molecule is CC(=O)c1cc2c(cc1N/C=C/c1nnnn1-c1ccc(C)cc1)OCO2. The largest absolute Gasteiger partial charge is 0.454 e. The summed E-state index contributed by atoms with van der Waals surface area (Å²) in [6.07, 6.45) is 3.41. The van der Waals surface area contributed by atoms with Crippen LogP contribution >= 0.6 is 0 Å². The van der Waals surface area contributed by atoms with Crippen molar-refractivity contribution in [2.75, 3.05) is 12.1 Å². The van der Waals surface area contributed by atoms with Crippen molar-refractivity contribution in [1.29, 1.82) is 0 Å². The molecule has 0 spiro atoms. The Hall–Kier alpha value is -3.68. The van der Waals surface area contributed by atoms with Crippen LogP contribution in [0, 0.1) is 6.92 Å². The minimum Gasteiger partial charge on any atom is -0.454 e. The molecule has 0 bridgehead atoms. The molecule has 1 N–H and O–H groups in total. The van der Waals surface area contributed by atoms with E-state index in [1.165, 1.54) is 6.92 Å². The van der Waals surface area contributed by atoms with Gasteiger partial charge in [-0.25, -0.2) is 0 Å². The van der Waals surface area contributed by atoms with Crippen molar-refractivity contribution in [3.05, 3.63) is 59.5 Å². The van der Waals surface area contributed by atoms with E-state index in [0.29, 0.717) is 28.6 Å². The van der Waals surface area contributed by atoms with Crippen LogP contribution in [0.5, 0.6) is 11.5 Å². The number of aryl methyl sites for hydroxylation is 1. The third kappa shape index (κ3) is 3.37. The molecule has 0 aliphatic carbocycles. The van der Waals surface area contributed by atoms with Gasteiger partial charge in [-0.15, -0.1) is 5.10 Å². The lowest BCUT2D eigenvalue weighted by Crippen LogP contribution is -2.01. The van der Waals surface area contributed by atoms with Crippen molar-refractivity contribution in [3.63, 3.8) is 0 Å². The highest BCUT2D eigenvalue weighted by Crippen LogP contribution is 2.37. The molecule has 8 nitrogen and oxygen atoms in total. The van der Waals surface area contributed by atoms with Crippen LogP contribution in [0.25, 0.3) is 11.8 Å². The van der Waals surface area contributed by atoms with Gasteiger partial charge in [-0.1, -0.05) is 17.7 Å². The van der Waals surface area contributed by atoms with E-state index in [1.807, 2.05) is 31.2 Å². The molecule has 0 saturated heterocycles. The molecule has 0 fully saturated rings. The third-order valence-corrected chi connectivity index (χ3v) is 4.14. The fourth-order valence-corrected chi connectivity index (χ4v) is 2.73. The van der Waals surface area contributed by atoms with Gasteiger partial charge in [-0.05, 0) is 42.5 Å². The normalized spacial score (nSPS) is 12.5. The molecule has 3 aromatic rings. The fourth-order valence-electron chi connectivity index (χ4n) is 2.73. The zero-order valence-electron chi connectivity index (χ0n) is 14.8. The number of carbonyl (C=O) groups excluding carboxylic acids is 1. The van der Waals surface area contributed by atoms with E-state index in [-0.39, 0.29) is 12.6 Å². The molecule has 0 saturated carbocycles. The number of aromatic nitrogens is 4.